The van der Waals surface area contributed by atoms with E-state index in [2.05, 4.69) is 20.8 Å². The van der Waals surface area contributed by atoms with Crippen LogP contribution >= 0.6 is 0 Å². The molecule has 2 heteroatoms. The highest BCUT2D eigenvalue weighted by molar-refractivity contribution is 4.85. The van der Waals surface area contributed by atoms with Gasteiger partial charge in [-0.1, -0.05) is 27.2 Å². The van der Waals surface area contributed by atoms with Gasteiger partial charge < -0.3 is 9.47 Å². The van der Waals surface area contributed by atoms with Gasteiger partial charge in [-0.3, -0.25) is 0 Å². The lowest BCUT2D eigenvalue weighted by atomic mass is 9.85. The van der Waals surface area contributed by atoms with E-state index in [0.29, 0.717) is 6.10 Å². The second-order valence-electron chi connectivity index (χ2n) is 6.08. The largest absolute Gasteiger partial charge is 0.350 e. The molecule has 1 aliphatic heterocycles. The average molecular weight is 212 g/mol. The maximum atomic E-state index is 6.26. The first-order valence-corrected chi connectivity index (χ1v) is 6.34. The minimum atomic E-state index is -0.214. The molecule has 2 fully saturated rings. The molecule has 0 aromatic carbocycles. The zero-order chi connectivity index (χ0) is 10.9. The van der Waals surface area contributed by atoms with Crippen LogP contribution in [-0.2, 0) is 9.47 Å². The summed E-state index contributed by atoms with van der Waals surface area (Å²) < 4.78 is 12.2. The molecule has 0 unspecified atom stereocenters. The average Bonchev–Trinajstić information content (AvgIpc) is 2.18. The van der Waals surface area contributed by atoms with Crippen LogP contribution in [-0.4, -0.2) is 18.5 Å². The zero-order valence-corrected chi connectivity index (χ0v) is 10.3. The summed E-state index contributed by atoms with van der Waals surface area (Å²) in [6, 6.07) is 0. The zero-order valence-electron chi connectivity index (χ0n) is 10.3. The predicted molar refractivity (Wildman–Crippen MR) is 60.7 cm³/mol. The Morgan fingerprint density at radius 3 is 2.33 bits per heavy atom. The Balaban J connectivity index is 2.02. The molecule has 1 atom stereocenters. The number of hydrogen-bond acceptors (Lipinski definition) is 2. The molecule has 0 amide bonds. The van der Waals surface area contributed by atoms with Crippen molar-refractivity contribution in [2.75, 3.05) is 6.61 Å². The van der Waals surface area contributed by atoms with Crippen LogP contribution in [0.5, 0.6) is 0 Å². The van der Waals surface area contributed by atoms with E-state index >= 15 is 0 Å². The van der Waals surface area contributed by atoms with Crippen molar-refractivity contribution in [1.29, 1.82) is 0 Å². The van der Waals surface area contributed by atoms with Gasteiger partial charge in [-0.25, -0.2) is 0 Å². The van der Waals surface area contributed by atoms with Crippen molar-refractivity contribution in [3.63, 3.8) is 0 Å². The lowest BCUT2D eigenvalue weighted by Gasteiger charge is -2.47. The van der Waals surface area contributed by atoms with Crippen LogP contribution in [0.1, 0.15) is 59.3 Å². The fourth-order valence-corrected chi connectivity index (χ4v) is 2.67. The number of ether oxygens (including phenoxy) is 2. The fourth-order valence-electron chi connectivity index (χ4n) is 2.67. The lowest BCUT2D eigenvalue weighted by Crippen LogP contribution is -2.49. The molecule has 0 aromatic rings. The third-order valence-corrected chi connectivity index (χ3v) is 3.68. The van der Waals surface area contributed by atoms with Gasteiger partial charge in [0.15, 0.2) is 5.79 Å². The van der Waals surface area contributed by atoms with E-state index in [9.17, 15) is 0 Å². The Bertz CT molecular complexity index is 206. The van der Waals surface area contributed by atoms with E-state index < -0.39 is 0 Å². The smallest absolute Gasteiger partial charge is 0.168 e. The molecule has 1 saturated heterocycles. The van der Waals surface area contributed by atoms with Crippen LogP contribution in [0.2, 0.25) is 0 Å². The summed E-state index contributed by atoms with van der Waals surface area (Å²) >= 11 is 0. The molecule has 1 spiro atoms. The van der Waals surface area contributed by atoms with Crippen molar-refractivity contribution < 1.29 is 9.47 Å². The van der Waals surface area contributed by atoms with Crippen LogP contribution in [0, 0.1) is 5.41 Å². The number of rotatable bonds is 0. The SMILES string of the molecule is CC(C)(C)[C@@H]1CCOC2(CCCCC2)O1. The summed E-state index contributed by atoms with van der Waals surface area (Å²) in [5, 5.41) is 0. The summed E-state index contributed by atoms with van der Waals surface area (Å²) in [6.07, 6.45) is 7.47. The predicted octanol–water partition coefficient (Wildman–Crippen LogP) is 3.50. The molecule has 2 aliphatic rings. The Morgan fingerprint density at radius 2 is 1.73 bits per heavy atom. The van der Waals surface area contributed by atoms with Crippen LogP contribution in [0.15, 0.2) is 0 Å². The van der Waals surface area contributed by atoms with Gasteiger partial charge in [-0.15, -0.1) is 0 Å². The minimum absolute atomic E-state index is 0.214. The molecule has 88 valence electrons. The highest BCUT2D eigenvalue weighted by Crippen LogP contribution is 2.40. The molecule has 0 N–H and O–H groups in total. The molecule has 2 nitrogen and oxygen atoms in total. The van der Waals surface area contributed by atoms with Gasteiger partial charge in [0.1, 0.15) is 0 Å². The van der Waals surface area contributed by atoms with Crippen molar-refractivity contribution in [3.05, 3.63) is 0 Å². The van der Waals surface area contributed by atoms with Gasteiger partial charge in [0.2, 0.25) is 0 Å². The molecular weight excluding hydrogens is 188 g/mol. The first-order chi connectivity index (χ1) is 7.02. The topological polar surface area (TPSA) is 18.5 Å². The van der Waals surface area contributed by atoms with Crippen molar-refractivity contribution in [2.45, 2.75) is 71.2 Å². The van der Waals surface area contributed by atoms with Crippen molar-refractivity contribution >= 4 is 0 Å². The summed E-state index contributed by atoms with van der Waals surface area (Å²) in [7, 11) is 0. The Kier molecular flexibility index (Phi) is 3.09. The Labute approximate surface area is 93.3 Å². The molecular formula is C13H24O2. The standard InChI is InChI=1S/C13H24O2/c1-12(2,3)11-7-10-14-13(15-11)8-5-4-6-9-13/h11H,4-10H2,1-3H3/t11-/m0/s1. The van der Waals surface area contributed by atoms with Gasteiger partial charge >= 0.3 is 0 Å². The third-order valence-electron chi connectivity index (χ3n) is 3.68. The normalized spacial score (nSPS) is 31.8. The second-order valence-corrected chi connectivity index (χ2v) is 6.08. The first-order valence-electron chi connectivity index (χ1n) is 6.34. The summed E-state index contributed by atoms with van der Waals surface area (Å²) in [5.41, 5.74) is 0.244. The fraction of sp³-hybridized carbons (Fsp3) is 1.00. The lowest BCUT2D eigenvalue weighted by molar-refractivity contribution is -0.319. The van der Waals surface area contributed by atoms with Crippen molar-refractivity contribution in [2.24, 2.45) is 5.41 Å². The van der Waals surface area contributed by atoms with E-state index in [4.69, 9.17) is 9.47 Å². The third kappa shape index (κ3) is 2.54. The van der Waals surface area contributed by atoms with Gasteiger partial charge in [-0.05, 0) is 24.7 Å². The van der Waals surface area contributed by atoms with E-state index in [1.54, 1.807) is 0 Å². The van der Waals surface area contributed by atoms with Crippen LogP contribution in [0.3, 0.4) is 0 Å². The monoisotopic (exact) mass is 212 g/mol. The molecule has 0 aromatic heterocycles. The maximum Gasteiger partial charge on any atom is 0.168 e. The summed E-state index contributed by atoms with van der Waals surface area (Å²) in [4.78, 5) is 0. The molecule has 0 radical (unpaired) electrons. The molecule has 1 aliphatic carbocycles. The van der Waals surface area contributed by atoms with Crippen molar-refractivity contribution in [3.8, 4) is 0 Å². The Morgan fingerprint density at radius 1 is 1.07 bits per heavy atom. The van der Waals surface area contributed by atoms with Crippen LogP contribution in [0.25, 0.3) is 0 Å². The van der Waals surface area contributed by atoms with Gasteiger partial charge in [0.25, 0.3) is 0 Å². The molecule has 1 heterocycles. The summed E-state index contributed by atoms with van der Waals surface area (Å²) in [6.45, 7) is 7.67. The first kappa shape index (κ1) is 11.4. The van der Waals surface area contributed by atoms with E-state index in [1.807, 2.05) is 0 Å². The van der Waals surface area contributed by atoms with Gasteiger partial charge in [-0.2, -0.15) is 0 Å². The Hall–Kier alpha value is -0.0800. The summed E-state index contributed by atoms with van der Waals surface area (Å²) in [5.74, 6) is -0.214. The molecule has 15 heavy (non-hydrogen) atoms. The number of hydrogen-bond donors (Lipinski definition) is 0. The molecule has 1 saturated carbocycles. The van der Waals surface area contributed by atoms with Gasteiger partial charge in [0, 0.05) is 12.8 Å². The highest BCUT2D eigenvalue weighted by Gasteiger charge is 2.42. The quantitative estimate of drug-likeness (QED) is 0.612. The van der Waals surface area contributed by atoms with Gasteiger partial charge in [0.05, 0.1) is 12.7 Å². The molecule has 2 rings (SSSR count). The molecule has 0 bridgehead atoms. The maximum absolute atomic E-state index is 6.26. The minimum Gasteiger partial charge on any atom is -0.350 e. The van der Waals surface area contributed by atoms with Crippen molar-refractivity contribution in [1.82, 2.24) is 0 Å². The highest BCUT2D eigenvalue weighted by atomic mass is 16.7. The van der Waals surface area contributed by atoms with E-state index in [0.717, 1.165) is 25.9 Å². The van der Waals surface area contributed by atoms with Crippen LogP contribution < -0.4 is 0 Å². The van der Waals surface area contributed by atoms with E-state index in [-0.39, 0.29) is 11.2 Å². The van der Waals surface area contributed by atoms with Crippen LogP contribution in [0.4, 0.5) is 0 Å². The second kappa shape index (κ2) is 4.06. The van der Waals surface area contributed by atoms with E-state index in [1.165, 1.54) is 19.3 Å².